The fraction of sp³-hybridized carbons (Fsp3) is 0.375. The zero-order valence-corrected chi connectivity index (χ0v) is 17.9. The Balaban J connectivity index is 1.64. The fourth-order valence-electron chi connectivity index (χ4n) is 4.81. The van der Waals surface area contributed by atoms with Crippen molar-refractivity contribution in [1.29, 1.82) is 0 Å². The Kier molecular flexibility index (Phi) is 5.58. The molecule has 0 radical (unpaired) electrons. The number of aromatic nitrogens is 2. The summed E-state index contributed by atoms with van der Waals surface area (Å²) in [5.41, 5.74) is 3.82. The lowest BCUT2D eigenvalue weighted by atomic mass is 9.73. The number of halogens is 1. The Bertz CT molecular complexity index is 1010. The van der Waals surface area contributed by atoms with E-state index in [1.807, 2.05) is 36.7 Å². The maximum absolute atomic E-state index is 13.2. The van der Waals surface area contributed by atoms with Gasteiger partial charge < -0.3 is 0 Å². The van der Waals surface area contributed by atoms with Crippen LogP contribution in [0.25, 0.3) is 10.9 Å². The van der Waals surface area contributed by atoms with E-state index in [0.717, 1.165) is 32.8 Å². The van der Waals surface area contributed by atoms with Gasteiger partial charge in [0, 0.05) is 40.4 Å². The molecular weight excluding hydrogens is 412 g/mol. The zero-order valence-electron chi connectivity index (χ0n) is 16.4. The summed E-state index contributed by atoms with van der Waals surface area (Å²) in [6.07, 6.45) is 9.56. The van der Waals surface area contributed by atoms with Gasteiger partial charge >= 0.3 is 0 Å². The highest BCUT2D eigenvalue weighted by atomic mass is 79.9. The topological polar surface area (TPSA) is 42.9 Å². The van der Waals surface area contributed by atoms with Crippen LogP contribution in [0.2, 0.25) is 0 Å². The van der Waals surface area contributed by atoms with Crippen LogP contribution in [-0.4, -0.2) is 15.8 Å². The van der Waals surface area contributed by atoms with Gasteiger partial charge in [-0.2, -0.15) is 0 Å². The lowest BCUT2D eigenvalue weighted by Gasteiger charge is -2.32. The molecule has 1 unspecified atom stereocenters. The zero-order chi connectivity index (χ0) is 19.7. The van der Waals surface area contributed by atoms with Gasteiger partial charge in [0.15, 0.2) is 5.78 Å². The van der Waals surface area contributed by atoms with Crippen LogP contribution in [0, 0.1) is 11.8 Å². The van der Waals surface area contributed by atoms with Gasteiger partial charge in [0.05, 0.1) is 5.52 Å². The van der Waals surface area contributed by atoms with Gasteiger partial charge in [-0.05, 0) is 82.3 Å². The molecule has 1 aliphatic carbocycles. The van der Waals surface area contributed by atoms with Crippen molar-refractivity contribution in [1.82, 2.24) is 9.97 Å². The van der Waals surface area contributed by atoms with Gasteiger partial charge in [-0.3, -0.25) is 14.8 Å². The molecule has 144 valence electrons. The molecule has 1 aromatic carbocycles. The Morgan fingerprint density at radius 2 is 1.89 bits per heavy atom. The molecule has 2 heterocycles. The SMILES string of the molecule is C[C@@H]1CC(c2ccncc2CC(=O)c2cccc3cc(Br)cnc23)C[C@H](C)C1. The largest absolute Gasteiger partial charge is 0.294 e. The molecule has 0 N–H and O–H groups in total. The van der Waals surface area contributed by atoms with Gasteiger partial charge in [-0.25, -0.2) is 0 Å². The minimum atomic E-state index is 0.103. The maximum Gasteiger partial charge on any atom is 0.169 e. The van der Waals surface area contributed by atoms with Crippen LogP contribution in [0.15, 0.2) is 53.4 Å². The standard InChI is InChI=1S/C24H25BrN2O/c1-15-8-16(2)10-18(9-15)21-6-7-26-13-19(21)12-23(28)22-5-3-4-17-11-20(25)14-27-24(17)22/h3-7,11,13-16,18H,8-10,12H2,1-2H3/t15-,16+,18?. The molecule has 3 nitrogen and oxygen atoms in total. The van der Waals surface area contributed by atoms with Crippen molar-refractivity contribution < 1.29 is 4.79 Å². The van der Waals surface area contributed by atoms with E-state index >= 15 is 0 Å². The van der Waals surface area contributed by atoms with E-state index < -0.39 is 0 Å². The Hall–Kier alpha value is -2.07. The molecule has 2 aromatic heterocycles. The molecule has 1 aliphatic rings. The molecular formula is C24H25BrN2O. The number of hydrogen-bond donors (Lipinski definition) is 0. The van der Waals surface area contributed by atoms with Crippen molar-refractivity contribution in [3.8, 4) is 0 Å². The Morgan fingerprint density at radius 1 is 1.11 bits per heavy atom. The van der Waals surface area contributed by atoms with Crippen molar-refractivity contribution in [3.63, 3.8) is 0 Å². The molecule has 1 saturated carbocycles. The van der Waals surface area contributed by atoms with Crippen LogP contribution in [0.1, 0.15) is 60.5 Å². The average Bonchev–Trinajstić information content (AvgIpc) is 2.67. The molecule has 4 rings (SSSR count). The number of para-hydroxylation sites is 1. The van der Waals surface area contributed by atoms with Crippen molar-refractivity contribution in [2.45, 2.75) is 45.4 Å². The van der Waals surface area contributed by atoms with E-state index in [-0.39, 0.29) is 5.78 Å². The molecule has 28 heavy (non-hydrogen) atoms. The van der Waals surface area contributed by atoms with Crippen LogP contribution in [-0.2, 0) is 6.42 Å². The summed E-state index contributed by atoms with van der Waals surface area (Å²) < 4.78 is 0.916. The van der Waals surface area contributed by atoms with Crippen LogP contribution in [0.5, 0.6) is 0 Å². The summed E-state index contributed by atoms with van der Waals surface area (Å²) in [6.45, 7) is 4.68. The molecule has 0 aliphatic heterocycles. The van der Waals surface area contributed by atoms with Crippen molar-refractivity contribution in [2.75, 3.05) is 0 Å². The summed E-state index contributed by atoms with van der Waals surface area (Å²) in [5.74, 6) is 2.08. The monoisotopic (exact) mass is 436 g/mol. The maximum atomic E-state index is 13.2. The van der Waals surface area contributed by atoms with E-state index in [2.05, 4.69) is 45.8 Å². The number of nitrogens with zero attached hydrogens (tertiary/aromatic N) is 2. The molecule has 3 aromatic rings. The third kappa shape index (κ3) is 4.02. The van der Waals surface area contributed by atoms with Crippen molar-refractivity contribution in [3.05, 3.63) is 70.1 Å². The highest BCUT2D eigenvalue weighted by Gasteiger charge is 2.27. The number of hydrogen-bond acceptors (Lipinski definition) is 3. The third-order valence-electron chi connectivity index (χ3n) is 5.89. The fourth-order valence-corrected chi connectivity index (χ4v) is 5.16. The van der Waals surface area contributed by atoms with Crippen LogP contribution in [0.3, 0.4) is 0 Å². The summed E-state index contributed by atoms with van der Waals surface area (Å²) in [5, 5.41) is 0.974. The van der Waals surface area contributed by atoms with Crippen LogP contribution >= 0.6 is 15.9 Å². The Morgan fingerprint density at radius 3 is 2.68 bits per heavy atom. The van der Waals surface area contributed by atoms with Gasteiger partial charge in [0.1, 0.15) is 0 Å². The molecule has 3 atom stereocenters. The molecule has 0 amide bonds. The lowest BCUT2D eigenvalue weighted by molar-refractivity contribution is 0.0994. The first-order chi connectivity index (χ1) is 13.5. The number of ketones is 1. The molecule has 0 bridgehead atoms. The second-order valence-corrected chi connectivity index (χ2v) is 9.24. The number of carbonyl (C=O) groups is 1. The van der Waals surface area contributed by atoms with Gasteiger partial charge in [0.2, 0.25) is 0 Å². The summed E-state index contributed by atoms with van der Waals surface area (Å²) >= 11 is 3.46. The minimum Gasteiger partial charge on any atom is -0.294 e. The van der Waals surface area contributed by atoms with Gasteiger partial charge in [-0.1, -0.05) is 26.0 Å². The quantitative estimate of drug-likeness (QED) is 0.446. The number of pyridine rings is 2. The van der Waals surface area contributed by atoms with Gasteiger partial charge in [0.25, 0.3) is 0 Å². The predicted molar refractivity (Wildman–Crippen MR) is 117 cm³/mol. The first-order valence-corrected chi connectivity index (χ1v) is 10.8. The highest BCUT2D eigenvalue weighted by molar-refractivity contribution is 9.10. The van der Waals surface area contributed by atoms with Crippen molar-refractivity contribution >= 4 is 32.6 Å². The summed E-state index contributed by atoms with van der Waals surface area (Å²) in [6, 6.07) is 9.92. The van der Waals surface area contributed by atoms with E-state index in [4.69, 9.17) is 0 Å². The van der Waals surface area contributed by atoms with E-state index in [1.54, 1.807) is 6.20 Å². The normalized spacial score (nSPS) is 22.3. The van der Waals surface area contributed by atoms with E-state index in [0.29, 0.717) is 17.9 Å². The van der Waals surface area contributed by atoms with Crippen LogP contribution < -0.4 is 0 Å². The highest BCUT2D eigenvalue weighted by Crippen LogP contribution is 2.40. The van der Waals surface area contributed by atoms with E-state index in [9.17, 15) is 4.79 Å². The molecule has 0 saturated heterocycles. The molecule has 4 heteroatoms. The number of benzene rings is 1. The number of fused-ring (bicyclic) bond motifs is 1. The summed E-state index contributed by atoms with van der Waals surface area (Å²) in [7, 11) is 0. The minimum absolute atomic E-state index is 0.103. The second kappa shape index (κ2) is 8.12. The Labute approximate surface area is 174 Å². The van der Waals surface area contributed by atoms with Crippen LogP contribution in [0.4, 0.5) is 0 Å². The number of Topliss-reactive ketones (excluding diaryl/α,β-unsaturated/α-hetero) is 1. The van der Waals surface area contributed by atoms with Crippen molar-refractivity contribution in [2.24, 2.45) is 11.8 Å². The average molecular weight is 437 g/mol. The lowest BCUT2D eigenvalue weighted by Crippen LogP contribution is -2.20. The first kappa shape index (κ1) is 19.3. The van der Waals surface area contributed by atoms with Gasteiger partial charge in [-0.15, -0.1) is 0 Å². The third-order valence-corrected chi connectivity index (χ3v) is 6.32. The summed E-state index contributed by atoms with van der Waals surface area (Å²) in [4.78, 5) is 22.0. The molecule has 0 spiro atoms. The van der Waals surface area contributed by atoms with E-state index in [1.165, 1.54) is 24.8 Å². The first-order valence-electron chi connectivity index (χ1n) is 10.0. The number of carbonyl (C=O) groups excluding carboxylic acids is 1. The molecule has 1 fully saturated rings. The second-order valence-electron chi connectivity index (χ2n) is 8.32. The number of rotatable bonds is 4. The predicted octanol–water partition coefficient (Wildman–Crippen LogP) is 6.36. The smallest absolute Gasteiger partial charge is 0.169 e.